The van der Waals surface area contributed by atoms with Crippen molar-refractivity contribution in [1.29, 1.82) is 0 Å². The number of esters is 1. The molecule has 1 heterocycles. The molecule has 0 saturated carbocycles. The van der Waals surface area contributed by atoms with Gasteiger partial charge in [0.1, 0.15) is 11.8 Å². The van der Waals surface area contributed by atoms with Gasteiger partial charge in [-0.25, -0.2) is 4.79 Å². The fourth-order valence-corrected chi connectivity index (χ4v) is 3.15. The zero-order valence-corrected chi connectivity index (χ0v) is 15.8. The summed E-state index contributed by atoms with van der Waals surface area (Å²) in [5.41, 5.74) is 1.35. The number of hydrogen-bond acceptors (Lipinski definition) is 5. The molecule has 0 N–H and O–H groups in total. The van der Waals surface area contributed by atoms with E-state index in [0.29, 0.717) is 11.4 Å². The van der Waals surface area contributed by atoms with Gasteiger partial charge in [-0.05, 0) is 36.8 Å². The molecule has 3 amide bonds. The maximum absolute atomic E-state index is 13.1. The van der Waals surface area contributed by atoms with Gasteiger partial charge in [0.05, 0.1) is 26.7 Å². The van der Waals surface area contributed by atoms with E-state index in [1.807, 2.05) is 30.3 Å². The van der Waals surface area contributed by atoms with Crippen LogP contribution in [0.25, 0.3) is 0 Å². The van der Waals surface area contributed by atoms with E-state index in [0.717, 1.165) is 5.56 Å². The number of carbonyl (C=O) groups is 3. The molecule has 0 aliphatic carbocycles. The van der Waals surface area contributed by atoms with Gasteiger partial charge < -0.3 is 9.47 Å². The summed E-state index contributed by atoms with van der Waals surface area (Å²) < 4.78 is 10.1. The molecule has 0 spiro atoms. The van der Waals surface area contributed by atoms with Gasteiger partial charge in [0.15, 0.2) is 0 Å². The Labute approximate surface area is 163 Å². The van der Waals surface area contributed by atoms with Crippen LogP contribution in [-0.4, -0.2) is 42.6 Å². The van der Waals surface area contributed by atoms with Crippen molar-refractivity contribution in [3.05, 3.63) is 60.2 Å². The lowest BCUT2D eigenvalue weighted by Crippen LogP contribution is -2.37. The van der Waals surface area contributed by atoms with E-state index < -0.39 is 23.9 Å². The SMILES string of the molecule is CCOC(=O)CC1C(=O)N(Cc2ccccc2)C(=O)N1c1ccc(OC)cc1. The minimum absolute atomic E-state index is 0.143. The molecule has 146 valence electrons. The van der Waals surface area contributed by atoms with Crippen molar-refractivity contribution in [3.63, 3.8) is 0 Å². The highest BCUT2D eigenvalue weighted by Gasteiger charge is 2.46. The Morgan fingerprint density at radius 3 is 2.32 bits per heavy atom. The Morgan fingerprint density at radius 1 is 1.04 bits per heavy atom. The minimum atomic E-state index is -0.941. The monoisotopic (exact) mass is 382 g/mol. The highest BCUT2D eigenvalue weighted by Crippen LogP contribution is 2.30. The lowest BCUT2D eigenvalue weighted by molar-refractivity contribution is -0.145. The predicted molar refractivity (Wildman–Crippen MR) is 103 cm³/mol. The van der Waals surface area contributed by atoms with Crippen molar-refractivity contribution in [3.8, 4) is 5.75 Å². The summed E-state index contributed by atoms with van der Waals surface area (Å²) in [7, 11) is 1.55. The number of carbonyl (C=O) groups excluding carboxylic acids is 3. The maximum atomic E-state index is 13.1. The lowest BCUT2D eigenvalue weighted by atomic mass is 10.1. The van der Waals surface area contributed by atoms with Crippen LogP contribution >= 0.6 is 0 Å². The van der Waals surface area contributed by atoms with Crippen molar-refractivity contribution in [2.24, 2.45) is 0 Å². The molecular formula is C21H22N2O5. The Hall–Kier alpha value is -3.35. The van der Waals surface area contributed by atoms with Crippen LogP contribution in [0.5, 0.6) is 5.75 Å². The van der Waals surface area contributed by atoms with Gasteiger partial charge in [0.25, 0.3) is 5.91 Å². The van der Waals surface area contributed by atoms with Crippen LogP contribution in [0, 0.1) is 0 Å². The second-order valence-electron chi connectivity index (χ2n) is 6.29. The molecule has 7 nitrogen and oxygen atoms in total. The standard InChI is InChI=1S/C21H22N2O5/c1-3-28-19(24)13-18-20(25)22(14-15-7-5-4-6-8-15)21(26)23(18)16-9-11-17(27-2)12-10-16/h4-12,18H,3,13-14H2,1-2H3. The first-order valence-corrected chi connectivity index (χ1v) is 9.03. The first-order chi connectivity index (χ1) is 13.5. The fraction of sp³-hybridized carbons (Fsp3) is 0.286. The van der Waals surface area contributed by atoms with Crippen molar-refractivity contribution in [1.82, 2.24) is 4.90 Å². The average Bonchev–Trinajstić information content (AvgIpc) is 2.93. The largest absolute Gasteiger partial charge is 0.497 e. The van der Waals surface area contributed by atoms with Gasteiger partial charge >= 0.3 is 12.0 Å². The third-order valence-corrected chi connectivity index (χ3v) is 4.50. The number of rotatable bonds is 7. The maximum Gasteiger partial charge on any atom is 0.332 e. The molecule has 2 aromatic rings. The average molecular weight is 382 g/mol. The molecular weight excluding hydrogens is 360 g/mol. The Kier molecular flexibility index (Phi) is 5.93. The number of imide groups is 1. The van der Waals surface area contributed by atoms with Gasteiger partial charge in [0, 0.05) is 5.69 Å². The van der Waals surface area contributed by atoms with E-state index >= 15 is 0 Å². The molecule has 3 rings (SSSR count). The van der Waals surface area contributed by atoms with Crippen molar-refractivity contribution in [2.45, 2.75) is 25.9 Å². The summed E-state index contributed by atoms with van der Waals surface area (Å²) in [4.78, 5) is 40.6. The molecule has 1 unspecified atom stereocenters. The Bertz CT molecular complexity index is 851. The number of hydrogen-bond donors (Lipinski definition) is 0. The quantitative estimate of drug-likeness (QED) is 0.544. The molecule has 1 fully saturated rings. The second kappa shape index (κ2) is 8.56. The smallest absolute Gasteiger partial charge is 0.332 e. The van der Waals surface area contributed by atoms with Crippen LogP contribution in [0.15, 0.2) is 54.6 Å². The highest BCUT2D eigenvalue weighted by atomic mass is 16.5. The number of nitrogens with zero attached hydrogens (tertiary/aromatic N) is 2. The van der Waals surface area contributed by atoms with Gasteiger partial charge in [-0.1, -0.05) is 30.3 Å². The summed E-state index contributed by atoms with van der Waals surface area (Å²) >= 11 is 0. The lowest BCUT2D eigenvalue weighted by Gasteiger charge is -2.21. The predicted octanol–water partition coefficient (Wildman–Crippen LogP) is 2.99. The molecule has 0 aromatic heterocycles. The van der Waals surface area contributed by atoms with Gasteiger partial charge in [-0.3, -0.25) is 19.4 Å². The highest BCUT2D eigenvalue weighted by molar-refractivity contribution is 6.15. The molecule has 1 aliphatic heterocycles. The number of anilines is 1. The summed E-state index contributed by atoms with van der Waals surface area (Å²) in [6, 6.07) is 14.6. The molecule has 2 aromatic carbocycles. The van der Waals surface area contributed by atoms with Crippen LogP contribution in [0.1, 0.15) is 18.9 Å². The first-order valence-electron chi connectivity index (χ1n) is 9.03. The normalized spacial score (nSPS) is 16.4. The summed E-state index contributed by atoms with van der Waals surface area (Å²) in [6.07, 6.45) is -0.199. The molecule has 1 atom stereocenters. The van der Waals surface area contributed by atoms with E-state index in [-0.39, 0.29) is 19.6 Å². The van der Waals surface area contributed by atoms with Crippen LogP contribution in [0.3, 0.4) is 0 Å². The number of ether oxygens (including phenoxy) is 2. The molecule has 28 heavy (non-hydrogen) atoms. The Balaban J connectivity index is 1.91. The number of methoxy groups -OCH3 is 1. The van der Waals surface area contributed by atoms with Crippen LogP contribution in [0.4, 0.5) is 10.5 Å². The van der Waals surface area contributed by atoms with Gasteiger partial charge in [-0.15, -0.1) is 0 Å². The van der Waals surface area contributed by atoms with E-state index in [2.05, 4.69) is 0 Å². The van der Waals surface area contributed by atoms with Gasteiger partial charge in [0.2, 0.25) is 0 Å². The Morgan fingerprint density at radius 2 is 1.71 bits per heavy atom. The van der Waals surface area contributed by atoms with Crippen LogP contribution in [0.2, 0.25) is 0 Å². The van der Waals surface area contributed by atoms with Gasteiger partial charge in [-0.2, -0.15) is 0 Å². The number of benzene rings is 2. The fourth-order valence-electron chi connectivity index (χ4n) is 3.15. The van der Waals surface area contributed by atoms with Crippen molar-refractivity contribution >= 4 is 23.6 Å². The minimum Gasteiger partial charge on any atom is -0.497 e. The van der Waals surface area contributed by atoms with Crippen molar-refractivity contribution < 1.29 is 23.9 Å². The summed E-state index contributed by atoms with van der Waals surface area (Å²) in [6.45, 7) is 2.05. The third-order valence-electron chi connectivity index (χ3n) is 4.50. The molecule has 0 bridgehead atoms. The van der Waals surface area contributed by atoms with E-state index in [4.69, 9.17) is 9.47 Å². The van der Waals surface area contributed by atoms with Crippen LogP contribution in [-0.2, 0) is 20.9 Å². The topological polar surface area (TPSA) is 76.2 Å². The molecule has 1 aliphatic rings. The van der Waals surface area contributed by atoms with E-state index in [1.54, 1.807) is 38.3 Å². The van der Waals surface area contributed by atoms with Crippen LogP contribution < -0.4 is 9.64 Å². The molecule has 0 radical (unpaired) electrons. The number of amides is 3. The first kappa shape index (κ1) is 19.4. The zero-order valence-electron chi connectivity index (χ0n) is 15.8. The van der Waals surface area contributed by atoms with E-state index in [9.17, 15) is 14.4 Å². The zero-order chi connectivity index (χ0) is 20.1. The molecule has 7 heteroatoms. The van der Waals surface area contributed by atoms with Crippen molar-refractivity contribution in [2.75, 3.05) is 18.6 Å². The summed E-state index contributed by atoms with van der Waals surface area (Å²) in [5.74, 6) is -0.309. The summed E-state index contributed by atoms with van der Waals surface area (Å²) in [5, 5.41) is 0. The second-order valence-corrected chi connectivity index (χ2v) is 6.29. The number of urea groups is 1. The third kappa shape index (κ3) is 3.98. The molecule has 1 saturated heterocycles. The van der Waals surface area contributed by atoms with E-state index in [1.165, 1.54) is 9.80 Å².